The zero-order valence-electron chi connectivity index (χ0n) is 16.1. The van der Waals surface area contributed by atoms with Crippen LogP contribution in [-0.4, -0.2) is 50.4 Å². The summed E-state index contributed by atoms with van der Waals surface area (Å²) in [5.41, 5.74) is 2.26. The molecule has 1 aliphatic heterocycles. The lowest BCUT2D eigenvalue weighted by Gasteiger charge is -2.20. The highest BCUT2D eigenvalue weighted by molar-refractivity contribution is 9.11. The normalized spacial score (nSPS) is 17.0. The smallest absolute Gasteiger partial charge is 0.260 e. The summed E-state index contributed by atoms with van der Waals surface area (Å²) in [4.78, 5) is 32.4. The third-order valence-corrected chi connectivity index (χ3v) is 6.66. The van der Waals surface area contributed by atoms with E-state index in [2.05, 4.69) is 48.5 Å². The molecule has 3 aromatic rings. The van der Waals surface area contributed by atoms with Gasteiger partial charge in [-0.25, -0.2) is 4.52 Å². The van der Waals surface area contributed by atoms with Crippen molar-refractivity contribution in [2.24, 2.45) is 0 Å². The number of anilines is 2. The number of thiazole rings is 1. The molecule has 0 aliphatic carbocycles. The number of halogens is 1. The number of aromatic nitrogens is 3. The fourth-order valence-corrected chi connectivity index (χ4v) is 4.89. The van der Waals surface area contributed by atoms with Crippen LogP contribution in [0.4, 0.5) is 11.4 Å². The lowest BCUT2D eigenvalue weighted by molar-refractivity contribution is -0.117. The van der Waals surface area contributed by atoms with Crippen molar-refractivity contribution in [2.75, 3.05) is 23.7 Å². The van der Waals surface area contributed by atoms with Crippen LogP contribution in [0.2, 0.25) is 0 Å². The number of fused-ring (bicyclic) bond motifs is 1. The molecule has 0 bridgehead atoms. The molecular weight excluding hydrogens is 456 g/mol. The van der Waals surface area contributed by atoms with Gasteiger partial charge in [0, 0.05) is 6.04 Å². The van der Waals surface area contributed by atoms with Crippen molar-refractivity contribution in [3.8, 4) is 0 Å². The summed E-state index contributed by atoms with van der Waals surface area (Å²) in [5.74, 6) is -0.350. The largest absolute Gasteiger partial charge is 0.324 e. The van der Waals surface area contributed by atoms with Crippen LogP contribution in [0.3, 0.4) is 0 Å². The molecule has 1 aliphatic rings. The van der Waals surface area contributed by atoms with Crippen molar-refractivity contribution in [3.63, 3.8) is 0 Å². The maximum atomic E-state index is 12.8. The molecule has 2 amide bonds. The van der Waals surface area contributed by atoms with Gasteiger partial charge in [0.1, 0.15) is 4.83 Å². The SMILES string of the molecule is Cc1ncc(NC(=O)CN2CCC[C@@H]2C)cc1NC(=O)c1cnn2cc(Br)sc12. The molecule has 0 saturated carbocycles. The highest BCUT2D eigenvalue weighted by atomic mass is 79.9. The zero-order chi connectivity index (χ0) is 20.5. The van der Waals surface area contributed by atoms with Gasteiger partial charge in [-0.05, 0) is 55.2 Å². The fraction of sp³-hybridized carbons (Fsp3) is 0.368. The molecule has 0 aromatic carbocycles. The van der Waals surface area contributed by atoms with Gasteiger partial charge in [-0.2, -0.15) is 5.10 Å². The van der Waals surface area contributed by atoms with Gasteiger partial charge in [-0.1, -0.05) is 0 Å². The van der Waals surface area contributed by atoms with E-state index < -0.39 is 0 Å². The molecule has 1 atom stereocenters. The van der Waals surface area contributed by atoms with Crippen LogP contribution in [0, 0.1) is 6.92 Å². The summed E-state index contributed by atoms with van der Waals surface area (Å²) >= 11 is 4.84. The summed E-state index contributed by atoms with van der Waals surface area (Å²) in [7, 11) is 0. The van der Waals surface area contributed by atoms with E-state index in [-0.39, 0.29) is 11.8 Å². The molecule has 29 heavy (non-hydrogen) atoms. The summed E-state index contributed by atoms with van der Waals surface area (Å²) < 4.78 is 2.55. The minimum Gasteiger partial charge on any atom is -0.324 e. The van der Waals surface area contributed by atoms with Crippen molar-refractivity contribution in [3.05, 3.63) is 39.7 Å². The van der Waals surface area contributed by atoms with Crippen molar-refractivity contribution in [2.45, 2.75) is 32.7 Å². The Balaban J connectivity index is 1.46. The van der Waals surface area contributed by atoms with Crippen molar-refractivity contribution < 1.29 is 9.59 Å². The Kier molecular flexibility index (Phi) is 5.66. The fourth-order valence-electron chi connectivity index (χ4n) is 3.45. The number of hydrogen-bond acceptors (Lipinski definition) is 6. The van der Waals surface area contributed by atoms with Crippen molar-refractivity contribution in [1.82, 2.24) is 19.5 Å². The van der Waals surface area contributed by atoms with Gasteiger partial charge in [0.25, 0.3) is 5.91 Å². The maximum Gasteiger partial charge on any atom is 0.260 e. The predicted octanol–water partition coefficient (Wildman–Crippen LogP) is 3.54. The van der Waals surface area contributed by atoms with Gasteiger partial charge in [0.2, 0.25) is 5.91 Å². The molecular formula is C19H21BrN6O2S. The average molecular weight is 477 g/mol. The second kappa shape index (κ2) is 8.21. The number of nitrogens with zero attached hydrogens (tertiary/aromatic N) is 4. The van der Waals surface area contributed by atoms with Gasteiger partial charge in [0.15, 0.2) is 0 Å². The monoisotopic (exact) mass is 476 g/mol. The standard InChI is InChI=1S/C19H21BrN6O2S/c1-11-4-3-5-25(11)10-17(27)23-13-6-15(12(2)21-7-13)24-18(28)14-8-22-26-9-16(20)29-19(14)26/h6-9,11H,3-5,10H2,1-2H3,(H,23,27)(H,24,28)/t11-/m0/s1. The highest BCUT2D eigenvalue weighted by Gasteiger charge is 2.22. The maximum absolute atomic E-state index is 12.8. The molecule has 2 N–H and O–H groups in total. The molecule has 0 spiro atoms. The number of carbonyl (C=O) groups is 2. The summed E-state index contributed by atoms with van der Waals surface area (Å²) in [6.07, 6.45) is 7.20. The van der Waals surface area contributed by atoms with Crippen molar-refractivity contribution >= 4 is 55.3 Å². The number of carbonyl (C=O) groups excluding carboxylic acids is 2. The number of rotatable bonds is 5. The van der Waals surface area contributed by atoms with Crippen LogP contribution in [0.5, 0.6) is 0 Å². The van der Waals surface area contributed by atoms with E-state index in [0.717, 1.165) is 28.0 Å². The molecule has 10 heteroatoms. The van der Waals surface area contributed by atoms with E-state index in [4.69, 9.17) is 0 Å². The van der Waals surface area contributed by atoms with E-state index >= 15 is 0 Å². The Morgan fingerprint density at radius 2 is 2.17 bits per heavy atom. The molecule has 0 unspecified atom stereocenters. The summed E-state index contributed by atoms with van der Waals surface area (Å²) in [6, 6.07) is 2.16. The third-order valence-electron chi connectivity index (χ3n) is 5.07. The van der Waals surface area contributed by atoms with Gasteiger partial charge >= 0.3 is 0 Å². The van der Waals surface area contributed by atoms with Gasteiger partial charge in [0.05, 0.1) is 51.6 Å². The van der Waals surface area contributed by atoms with Crippen LogP contribution < -0.4 is 10.6 Å². The number of hydrogen-bond donors (Lipinski definition) is 2. The molecule has 3 aromatic heterocycles. The molecule has 4 heterocycles. The molecule has 152 valence electrons. The van der Waals surface area contributed by atoms with E-state index in [1.54, 1.807) is 29.2 Å². The van der Waals surface area contributed by atoms with Crippen LogP contribution in [0.1, 0.15) is 35.8 Å². The van der Waals surface area contributed by atoms with Crippen LogP contribution in [0.15, 0.2) is 28.4 Å². The van der Waals surface area contributed by atoms with Crippen LogP contribution >= 0.6 is 27.3 Å². The first-order valence-electron chi connectivity index (χ1n) is 9.35. The van der Waals surface area contributed by atoms with Crippen LogP contribution in [0.25, 0.3) is 4.83 Å². The zero-order valence-corrected chi connectivity index (χ0v) is 18.5. The first kappa shape index (κ1) is 20.0. The third kappa shape index (κ3) is 4.34. The van der Waals surface area contributed by atoms with Gasteiger partial charge in [-0.3, -0.25) is 19.5 Å². The Morgan fingerprint density at radius 3 is 2.93 bits per heavy atom. The van der Waals surface area contributed by atoms with E-state index in [1.807, 2.05) is 6.92 Å². The number of aryl methyl sites for hydroxylation is 1. The molecule has 1 fully saturated rings. The first-order valence-corrected chi connectivity index (χ1v) is 11.0. The number of likely N-dealkylation sites (tertiary alicyclic amines) is 1. The Morgan fingerprint density at radius 1 is 1.34 bits per heavy atom. The number of nitrogens with one attached hydrogen (secondary N) is 2. The summed E-state index contributed by atoms with van der Waals surface area (Å²) in [6.45, 7) is 5.25. The second-order valence-electron chi connectivity index (χ2n) is 7.16. The minimum absolute atomic E-state index is 0.0801. The molecule has 4 rings (SSSR count). The topological polar surface area (TPSA) is 91.6 Å². The highest BCUT2D eigenvalue weighted by Crippen LogP contribution is 2.27. The number of pyridine rings is 1. The van der Waals surface area contributed by atoms with Crippen molar-refractivity contribution in [1.29, 1.82) is 0 Å². The van der Waals surface area contributed by atoms with Gasteiger partial charge < -0.3 is 10.6 Å². The van der Waals surface area contributed by atoms with E-state index in [9.17, 15) is 9.59 Å². The first-order chi connectivity index (χ1) is 13.9. The van der Waals surface area contributed by atoms with E-state index in [0.29, 0.717) is 35.2 Å². The predicted molar refractivity (Wildman–Crippen MR) is 117 cm³/mol. The summed E-state index contributed by atoms with van der Waals surface area (Å²) in [5, 5.41) is 9.96. The average Bonchev–Trinajstić information content (AvgIpc) is 3.34. The minimum atomic E-state index is -0.270. The Hall–Kier alpha value is -2.30. The second-order valence-corrected chi connectivity index (χ2v) is 9.57. The molecule has 8 nitrogen and oxygen atoms in total. The van der Waals surface area contributed by atoms with E-state index in [1.165, 1.54) is 11.3 Å². The Labute approximate surface area is 180 Å². The molecule has 1 saturated heterocycles. The van der Waals surface area contributed by atoms with Gasteiger partial charge in [-0.15, -0.1) is 11.3 Å². The number of amides is 2. The van der Waals surface area contributed by atoms with Crippen LogP contribution in [-0.2, 0) is 4.79 Å². The quantitative estimate of drug-likeness (QED) is 0.587. The lowest BCUT2D eigenvalue weighted by Crippen LogP contribution is -2.35. The Bertz CT molecular complexity index is 1080. The molecule has 0 radical (unpaired) electrons. The lowest BCUT2D eigenvalue weighted by atomic mass is 10.2.